The summed E-state index contributed by atoms with van der Waals surface area (Å²) in [6.07, 6.45) is 11.9. The number of terminal acetylenes is 1. The lowest BCUT2D eigenvalue weighted by Crippen LogP contribution is -2.40. The van der Waals surface area contributed by atoms with Crippen molar-refractivity contribution < 1.29 is 4.79 Å². The van der Waals surface area contributed by atoms with Gasteiger partial charge in [-0.3, -0.25) is 4.79 Å². The van der Waals surface area contributed by atoms with E-state index in [0.717, 1.165) is 51.7 Å². The van der Waals surface area contributed by atoms with Gasteiger partial charge in [-0.25, -0.2) is 0 Å². The molecule has 3 nitrogen and oxygen atoms in total. The fourth-order valence-electron chi connectivity index (χ4n) is 2.42. The average molecular weight is 236 g/mol. The molecule has 0 aromatic carbocycles. The Balaban J connectivity index is 2.24. The van der Waals surface area contributed by atoms with E-state index in [4.69, 9.17) is 12.2 Å². The van der Waals surface area contributed by atoms with Crippen LogP contribution in [-0.2, 0) is 4.79 Å². The second kappa shape index (κ2) is 8.14. The summed E-state index contributed by atoms with van der Waals surface area (Å²) < 4.78 is 0. The summed E-state index contributed by atoms with van der Waals surface area (Å²) in [7, 11) is 0. The maximum atomic E-state index is 12.0. The van der Waals surface area contributed by atoms with Crippen LogP contribution in [0.4, 0.5) is 0 Å². The van der Waals surface area contributed by atoms with Crippen LogP contribution < -0.4 is 5.73 Å². The Labute approximate surface area is 105 Å². The highest BCUT2D eigenvalue weighted by molar-refractivity contribution is 5.76. The van der Waals surface area contributed by atoms with Crippen molar-refractivity contribution in [2.45, 2.75) is 44.9 Å². The third-order valence-electron chi connectivity index (χ3n) is 3.41. The minimum Gasteiger partial charge on any atom is -0.342 e. The number of piperidine rings is 1. The molecule has 1 rings (SSSR count). The number of likely N-dealkylation sites (tertiary alicyclic amines) is 1. The van der Waals surface area contributed by atoms with E-state index in [9.17, 15) is 4.79 Å². The van der Waals surface area contributed by atoms with Gasteiger partial charge in [-0.15, -0.1) is 12.3 Å². The van der Waals surface area contributed by atoms with Gasteiger partial charge in [0.1, 0.15) is 0 Å². The van der Waals surface area contributed by atoms with Crippen molar-refractivity contribution in [3.8, 4) is 12.3 Å². The molecule has 0 aromatic heterocycles. The minimum absolute atomic E-state index is 0.295. The van der Waals surface area contributed by atoms with Crippen LogP contribution in [0.5, 0.6) is 0 Å². The normalized spacial score (nSPS) is 20.0. The maximum absolute atomic E-state index is 12.0. The fourth-order valence-corrected chi connectivity index (χ4v) is 2.42. The number of nitrogens with two attached hydrogens (primary N) is 1. The predicted molar refractivity (Wildman–Crippen MR) is 70.3 cm³/mol. The number of hydrogen-bond acceptors (Lipinski definition) is 2. The SMILES string of the molecule is C#CCCCCC(=O)N1CCCC(CCN)C1. The number of hydrogen-bond donors (Lipinski definition) is 1. The lowest BCUT2D eigenvalue weighted by molar-refractivity contribution is -0.133. The molecule has 0 saturated carbocycles. The van der Waals surface area contributed by atoms with Crippen molar-refractivity contribution in [3.05, 3.63) is 0 Å². The van der Waals surface area contributed by atoms with Gasteiger partial charge in [0, 0.05) is 25.9 Å². The van der Waals surface area contributed by atoms with E-state index in [0.29, 0.717) is 18.2 Å². The highest BCUT2D eigenvalue weighted by Crippen LogP contribution is 2.20. The summed E-state index contributed by atoms with van der Waals surface area (Å²) in [5.41, 5.74) is 5.57. The van der Waals surface area contributed by atoms with Gasteiger partial charge in [0.2, 0.25) is 5.91 Å². The van der Waals surface area contributed by atoms with Gasteiger partial charge in [-0.1, -0.05) is 0 Å². The first-order valence-corrected chi connectivity index (χ1v) is 6.69. The number of rotatable bonds is 6. The highest BCUT2D eigenvalue weighted by atomic mass is 16.2. The first-order valence-electron chi connectivity index (χ1n) is 6.69. The van der Waals surface area contributed by atoms with Crippen LogP contribution in [0.2, 0.25) is 0 Å². The van der Waals surface area contributed by atoms with Gasteiger partial charge in [0.25, 0.3) is 0 Å². The number of nitrogens with zero attached hydrogens (tertiary/aromatic N) is 1. The molecular formula is C14H24N2O. The van der Waals surface area contributed by atoms with Gasteiger partial charge >= 0.3 is 0 Å². The van der Waals surface area contributed by atoms with Crippen molar-refractivity contribution in [1.82, 2.24) is 4.90 Å². The Bertz CT molecular complexity index is 268. The Morgan fingerprint density at radius 1 is 1.47 bits per heavy atom. The summed E-state index contributed by atoms with van der Waals surface area (Å²) in [5.74, 6) is 3.52. The molecular weight excluding hydrogens is 212 g/mol. The lowest BCUT2D eigenvalue weighted by atomic mass is 9.94. The van der Waals surface area contributed by atoms with Crippen LogP contribution in [0.3, 0.4) is 0 Å². The smallest absolute Gasteiger partial charge is 0.222 e. The predicted octanol–water partition coefficient (Wildman–Crippen LogP) is 1.77. The molecule has 17 heavy (non-hydrogen) atoms. The molecule has 1 fully saturated rings. The van der Waals surface area contributed by atoms with E-state index >= 15 is 0 Å². The first kappa shape index (κ1) is 14.1. The Kier molecular flexibility index (Phi) is 6.73. The van der Waals surface area contributed by atoms with Crippen molar-refractivity contribution in [2.75, 3.05) is 19.6 Å². The van der Waals surface area contributed by atoms with Crippen molar-refractivity contribution in [2.24, 2.45) is 11.7 Å². The van der Waals surface area contributed by atoms with E-state index < -0.39 is 0 Å². The monoisotopic (exact) mass is 236 g/mol. The summed E-state index contributed by atoms with van der Waals surface area (Å²) in [5, 5.41) is 0. The van der Waals surface area contributed by atoms with Crippen molar-refractivity contribution >= 4 is 5.91 Å². The van der Waals surface area contributed by atoms with Crippen LogP contribution in [0.25, 0.3) is 0 Å². The second-order valence-electron chi connectivity index (χ2n) is 4.84. The van der Waals surface area contributed by atoms with E-state index in [1.165, 1.54) is 6.42 Å². The van der Waals surface area contributed by atoms with Gasteiger partial charge in [0.15, 0.2) is 0 Å². The zero-order valence-corrected chi connectivity index (χ0v) is 10.7. The summed E-state index contributed by atoms with van der Waals surface area (Å²) in [4.78, 5) is 14.0. The molecule has 1 atom stereocenters. The van der Waals surface area contributed by atoms with Crippen LogP contribution in [-0.4, -0.2) is 30.4 Å². The molecule has 96 valence electrons. The number of unbranched alkanes of at least 4 members (excludes halogenated alkanes) is 2. The first-order chi connectivity index (χ1) is 8.27. The number of carbonyl (C=O) groups excluding carboxylic acids is 1. The molecule has 0 aromatic rings. The van der Waals surface area contributed by atoms with Gasteiger partial charge in [-0.05, 0) is 44.6 Å². The van der Waals surface area contributed by atoms with Crippen LogP contribution in [0.15, 0.2) is 0 Å². The Morgan fingerprint density at radius 3 is 3.00 bits per heavy atom. The van der Waals surface area contributed by atoms with E-state index in [1.54, 1.807) is 0 Å². The van der Waals surface area contributed by atoms with Gasteiger partial charge in [-0.2, -0.15) is 0 Å². The zero-order chi connectivity index (χ0) is 12.5. The lowest BCUT2D eigenvalue weighted by Gasteiger charge is -2.32. The molecule has 1 unspecified atom stereocenters. The summed E-state index contributed by atoms with van der Waals surface area (Å²) >= 11 is 0. The molecule has 0 spiro atoms. The molecule has 1 amide bonds. The molecule has 2 N–H and O–H groups in total. The molecule has 1 aliphatic rings. The second-order valence-corrected chi connectivity index (χ2v) is 4.84. The number of carbonyl (C=O) groups is 1. The third kappa shape index (κ3) is 5.23. The maximum Gasteiger partial charge on any atom is 0.222 e. The van der Waals surface area contributed by atoms with Gasteiger partial charge in [0.05, 0.1) is 0 Å². The minimum atomic E-state index is 0.295. The fraction of sp³-hybridized carbons (Fsp3) is 0.786. The molecule has 3 heteroatoms. The largest absolute Gasteiger partial charge is 0.342 e. The van der Waals surface area contributed by atoms with Gasteiger partial charge < -0.3 is 10.6 Å². The van der Waals surface area contributed by atoms with Crippen LogP contribution in [0, 0.1) is 18.3 Å². The van der Waals surface area contributed by atoms with Crippen LogP contribution >= 0.6 is 0 Å². The topological polar surface area (TPSA) is 46.3 Å². The molecule has 1 heterocycles. The van der Waals surface area contributed by atoms with Crippen molar-refractivity contribution in [1.29, 1.82) is 0 Å². The number of amides is 1. The van der Waals surface area contributed by atoms with Crippen LogP contribution in [0.1, 0.15) is 44.9 Å². The third-order valence-corrected chi connectivity index (χ3v) is 3.41. The van der Waals surface area contributed by atoms with E-state index in [1.807, 2.05) is 4.90 Å². The summed E-state index contributed by atoms with van der Waals surface area (Å²) in [6, 6.07) is 0. The molecule has 0 bridgehead atoms. The Hall–Kier alpha value is -1.01. The van der Waals surface area contributed by atoms with Crippen molar-refractivity contribution in [3.63, 3.8) is 0 Å². The summed E-state index contributed by atoms with van der Waals surface area (Å²) in [6.45, 7) is 2.56. The molecule has 0 radical (unpaired) electrons. The van der Waals surface area contributed by atoms with E-state index in [2.05, 4.69) is 5.92 Å². The molecule has 0 aliphatic carbocycles. The average Bonchev–Trinajstić information content (AvgIpc) is 2.35. The zero-order valence-electron chi connectivity index (χ0n) is 10.7. The highest BCUT2D eigenvalue weighted by Gasteiger charge is 2.22. The Morgan fingerprint density at radius 2 is 2.29 bits per heavy atom. The standard InChI is InChI=1S/C14H24N2O/c1-2-3-4-5-8-14(17)16-11-6-7-13(12-16)9-10-15/h1,13H,3-12,15H2. The van der Waals surface area contributed by atoms with E-state index in [-0.39, 0.29) is 0 Å². The quantitative estimate of drug-likeness (QED) is 0.564. The molecule has 1 saturated heterocycles. The molecule has 1 aliphatic heterocycles.